The zero-order chi connectivity index (χ0) is 13.2. The third-order valence-corrected chi connectivity index (χ3v) is 3.27. The fourth-order valence-electron chi connectivity index (χ4n) is 2.04. The first-order valence-electron chi connectivity index (χ1n) is 6.29. The van der Waals surface area contributed by atoms with E-state index in [0.717, 1.165) is 12.8 Å². The molecule has 1 N–H and O–H groups in total. The van der Waals surface area contributed by atoms with Crippen molar-refractivity contribution >= 4 is 11.6 Å². The lowest BCUT2D eigenvalue weighted by Gasteiger charge is -2.21. The van der Waals surface area contributed by atoms with Crippen LogP contribution in [0.3, 0.4) is 0 Å². The minimum Gasteiger partial charge on any atom is -0.305 e. The predicted octanol–water partition coefficient (Wildman–Crippen LogP) is 2.49. The molecular formula is C14H14FN3O. The number of carbonyl (C=O) groups excluding carboxylic acids is 1. The molecule has 1 amide bonds. The molecule has 0 atom stereocenters. The zero-order valence-corrected chi connectivity index (χ0v) is 10.3. The van der Waals surface area contributed by atoms with E-state index in [1.165, 1.54) is 6.07 Å². The summed E-state index contributed by atoms with van der Waals surface area (Å²) in [6, 6.07) is 6.52. The van der Waals surface area contributed by atoms with Crippen LogP contribution in [0.4, 0.5) is 10.1 Å². The van der Waals surface area contributed by atoms with E-state index in [1.54, 1.807) is 35.5 Å². The quantitative estimate of drug-likeness (QED) is 0.917. The van der Waals surface area contributed by atoms with Gasteiger partial charge >= 0.3 is 0 Å². The number of benzene rings is 1. The van der Waals surface area contributed by atoms with E-state index >= 15 is 0 Å². The first kappa shape index (κ1) is 11.9. The van der Waals surface area contributed by atoms with Gasteiger partial charge in [-0.2, -0.15) is 5.10 Å². The van der Waals surface area contributed by atoms with Crippen molar-refractivity contribution in [2.24, 2.45) is 5.92 Å². The monoisotopic (exact) mass is 259 g/mol. The summed E-state index contributed by atoms with van der Waals surface area (Å²) >= 11 is 0. The van der Waals surface area contributed by atoms with Gasteiger partial charge in [0.1, 0.15) is 5.82 Å². The number of hydrogen-bond donors (Lipinski definition) is 1. The van der Waals surface area contributed by atoms with Crippen LogP contribution in [-0.2, 0) is 11.3 Å². The molecule has 1 heterocycles. The molecule has 1 saturated carbocycles. The summed E-state index contributed by atoms with van der Waals surface area (Å²) in [5.74, 6) is -0.161. The van der Waals surface area contributed by atoms with Crippen molar-refractivity contribution in [2.75, 3.05) is 4.90 Å². The molecule has 2 aromatic rings. The van der Waals surface area contributed by atoms with Gasteiger partial charge in [-0.15, -0.1) is 0 Å². The summed E-state index contributed by atoms with van der Waals surface area (Å²) in [6.45, 7) is 0.238. The Labute approximate surface area is 110 Å². The highest BCUT2D eigenvalue weighted by molar-refractivity contribution is 5.96. The van der Waals surface area contributed by atoms with Crippen LogP contribution < -0.4 is 4.90 Å². The van der Waals surface area contributed by atoms with Crippen molar-refractivity contribution in [1.29, 1.82) is 0 Å². The van der Waals surface area contributed by atoms with Crippen molar-refractivity contribution < 1.29 is 9.18 Å². The molecule has 1 aromatic heterocycles. The Morgan fingerprint density at radius 3 is 2.84 bits per heavy atom. The van der Waals surface area contributed by atoms with Gasteiger partial charge in [-0.25, -0.2) is 4.39 Å². The minimum atomic E-state index is -0.292. The topological polar surface area (TPSA) is 49.0 Å². The lowest BCUT2D eigenvalue weighted by molar-refractivity contribution is -0.119. The van der Waals surface area contributed by atoms with Crippen LogP contribution in [0.15, 0.2) is 36.7 Å². The molecule has 0 bridgehead atoms. The van der Waals surface area contributed by atoms with Crippen LogP contribution in [-0.4, -0.2) is 16.1 Å². The van der Waals surface area contributed by atoms with Crippen molar-refractivity contribution in [3.63, 3.8) is 0 Å². The van der Waals surface area contributed by atoms with Gasteiger partial charge in [0.05, 0.1) is 18.4 Å². The van der Waals surface area contributed by atoms with Gasteiger partial charge in [0.15, 0.2) is 0 Å². The SMILES string of the molecule is O=C(C1CC1)N(Cc1ccccc1F)c1cn[nH]c1. The minimum absolute atomic E-state index is 0.0460. The fraction of sp³-hybridized carbons (Fsp3) is 0.286. The molecule has 1 aliphatic carbocycles. The number of aromatic amines is 1. The summed E-state index contributed by atoms with van der Waals surface area (Å²) < 4.78 is 13.7. The first-order valence-corrected chi connectivity index (χ1v) is 6.29. The maximum Gasteiger partial charge on any atom is 0.230 e. The van der Waals surface area contributed by atoms with Crippen molar-refractivity contribution in [3.8, 4) is 0 Å². The molecule has 1 fully saturated rings. The highest BCUT2D eigenvalue weighted by Gasteiger charge is 2.34. The fourth-order valence-corrected chi connectivity index (χ4v) is 2.04. The van der Waals surface area contributed by atoms with E-state index in [1.807, 2.05) is 0 Å². The Kier molecular flexibility index (Phi) is 3.03. The van der Waals surface area contributed by atoms with E-state index in [2.05, 4.69) is 10.2 Å². The highest BCUT2D eigenvalue weighted by atomic mass is 19.1. The molecule has 4 nitrogen and oxygen atoms in total. The number of halogens is 1. The van der Waals surface area contributed by atoms with Crippen LogP contribution in [0.1, 0.15) is 18.4 Å². The Balaban J connectivity index is 1.87. The molecule has 0 spiro atoms. The predicted molar refractivity (Wildman–Crippen MR) is 68.9 cm³/mol. The summed E-state index contributed by atoms with van der Waals surface area (Å²) in [5, 5.41) is 6.54. The lowest BCUT2D eigenvalue weighted by atomic mass is 10.2. The average molecular weight is 259 g/mol. The Bertz CT molecular complexity index is 578. The van der Waals surface area contributed by atoms with Crippen LogP contribution in [0, 0.1) is 11.7 Å². The van der Waals surface area contributed by atoms with E-state index in [4.69, 9.17) is 0 Å². The number of rotatable bonds is 4. The highest BCUT2D eigenvalue weighted by Crippen LogP contribution is 2.33. The normalized spacial score (nSPS) is 14.4. The molecule has 0 saturated heterocycles. The second-order valence-corrected chi connectivity index (χ2v) is 4.75. The smallest absolute Gasteiger partial charge is 0.230 e. The number of nitrogens with one attached hydrogen (secondary N) is 1. The summed E-state index contributed by atoms with van der Waals surface area (Å²) in [6.07, 6.45) is 5.08. The summed E-state index contributed by atoms with van der Waals surface area (Å²) in [4.78, 5) is 13.9. The third kappa shape index (κ3) is 2.50. The maximum atomic E-state index is 13.7. The molecule has 3 rings (SSSR count). The second-order valence-electron chi connectivity index (χ2n) is 4.75. The van der Waals surface area contributed by atoms with Crippen molar-refractivity contribution in [2.45, 2.75) is 19.4 Å². The number of anilines is 1. The van der Waals surface area contributed by atoms with Crippen LogP contribution in [0.5, 0.6) is 0 Å². The number of carbonyl (C=O) groups is 1. The van der Waals surface area contributed by atoms with Crippen LogP contribution >= 0.6 is 0 Å². The average Bonchev–Trinajstić information content (AvgIpc) is 3.13. The molecule has 1 aliphatic rings. The number of nitrogens with zero attached hydrogens (tertiary/aromatic N) is 2. The van der Waals surface area contributed by atoms with Gasteiger partial charge in [-0.05, 0) is 18.9 Å². The molecule has 5 heteroatoms. The molecule has 98 valence electrons. The van der Waals surface area contributed by atoms with Crippen molar-refractivity contribution in [3.05, 3.63) is 48.0 Å². The molecule has 0 aliphatic heterocycles. The standard InChI is InChI=1S/C14H14FN3O/c15-13-4-2-1-3-11(13)9-18(12-7-16-17-8-12)14(19)10-5-6-10/h1-4,7-8,10H,5-6,9H2,(H,16,17). The van der Waals surface area contributed by atoms with Crippen LogP contribution in [0.25, 0.3) is 0 Å². The Hall–Kier alpha value is -2.17. The van der Waals surface area contributed by atoms with Gasteiger partial charge < -0.3 is 4.90 Å². The Morgan fingerprint density at radius 1 is 1.42 bits per heavy atom. The second kappa shape index (κ2) is 4.84. The molecule has 1 aromatic carbocycles. The van der Waals surface area contributed by atoms with Gasteiger partial charge in [0.25, 0.3) is 0 Å². The first-order chi connectivity index (χ1) is 9.25. The summed E-state index contributed by atoms with van der Waals surface area (Å²) in [7, 11) is 0. The molecule has 0 radical (unpaired) electrons. The van der Waals surface area contributed by atoms with Gasteiger partial charge in [0, 0.05) is 17.7 Å². The number of H-pyrrole nitrogens is 1. The summed E-state index contributed by atoms with van der Waals surface area (Å²) in [5.41, 5.74) is 1.19. The number of hydrogen-bond acceptors (Lipinski definition) is 2. The van der Waals surface area contributed by atoms with Gasteiger partial charge in [-0.3, -0.25) is 9.89 Å². The zero-order valence-electron chi connectivity index (χ0n) is 10.3. The number of aromatic nitrogens is 2. The van der Waals surface area contributed by atoms with Crippen LogP contribution in [0.2, 0.25) is 0 Å². The van der Waals surface area contributed by atoms with E-state index in [-0.39, 0.29) is 24.2 Å². The molecule has 19 heavy (non-hydrogen) atoms. The Morgan fingerprint density at radius 2 is 2.21 bits per heavy atom. The maximum absolute atomic E-state index is 13.7. The van der Waals surface area contributed by atoms with Gasteiger partial charge in [-0.1, -0.05) is 18.2 Å². The van der Waals surface area contributed by atoms with E-state index < -0.39 is 0 Å². The largest absolute Gasteiger partial charge is 0.305 e. The molecular weight excluding hydrogens is 245 g/mol. The third-order valence-electron chi connectivity index (χ3n) is 3.27. The van der Waals surface area contributed by atoms with E-state index in [0.29, 0.717) is 11.3 Å². The number of amides is 1. The lowest BCUT2D eigenvalue weighted by Crippen LogP contribution is -2.31. The van der Waals surface area contributed by atoms with Gasteiger partial charge in [0.2, 0.25) is 5.91 Å². The molecule has 0 unspecified atom stereocenters. The van der Waals surface area contributed by atoms with E-state index in [9.17, 15) is 9.18 Å². The van der Waals surface area contributed by atoms with Crippen molar-refractivity contribution in [1.82, 2.24) is 10.2 Å².